The maximum atomic E-state index is 12.9. The van der Waals surface area contributed by atoms with Crippen molar-refractivity contribution in [1.82, 2.24) is 10.2 Å². The molecule has 0 radical (unpaired) electrons. The Labute approximate surface area is 142 Å². The van der Waals surface area contributed by atoms with Crippen molar-refractivity contribution in [2.24, 2.45) is 11.8 Å². The van der Waals surface area contributed by atoms with Gasteiger partial charge >= 0.3 is 6.03 Å². The first-order valence-corrected chi connectivity index (χ1v) is 8.95. The summed E-state index contributed by atoms with van der Waals surface area (Å²) in [6.07, 6.45) is 4.90. The fraction of sp³-hybridized carbons (Fsp3) is 0.579. The van der Waals surface area contributed by atoms with E-state index in [0.717, 1.165) is 37.0 Å². The van der Waals surface area contributed by atoms with Crippen LogP contribution in [0.1, 0.15) is 37.7 Å². The maximum absolute atomic E-state index is 12.9. The molecule has 0 unspecified atom stereocenters. The Morgan fingerprint density at radius 3 is 2.46 bits per heavy atom. The molecule has 2 saturated carbocycles. The van der Waals surface area contributed by atoms with Gasteiger partial charge in [0.05, 0.1) is 6.61 Å². The SMILES string of the molecule is Cc1ccccc1OCCCN1C(=O)NC(C2CC2)(C2CC2)C1=O. The number of carbonyl (C=O) groups is 2. The number of amides is 3. The quantitative estimate of drug-likeness (QED) is 0.618. The van der Waals surface area contributed by atoms with Crippen LogP contribution in [0.15, 0.2) is 24.3 Å². The molecule has 1 N–H and O–H groups in total. The van der Waals surface area contributed by atoms with Crippen molar-refractivity contribution in [3.8, 4) is 5.75 Å². The lowest BCUT2D eigenvalue weighted by molar-refractivity contribution is -0.133. The third-order valence-electron chi connectivity index (χ3n) is 5.48. The van der Waals surface area contributed by atoms with E-state index in [1.54, 1.807) is 0 Å². The van der Waals surface area contributed by atoms with Crippen molar-refractivity contribution in [3.05, 3.63) is 29.8 Å². The van der Waals surface area contributed by atoms with Gasteiger partial charge in [-0.15, -0.1) is 0 Å². The molecule has 0 bridgehead atoms. The van der Waals surface area contributed by atoms with Gasteiger partial charge < -0.3 is 10.1 Å². The number of para-hydroxylation sites is 1. The number of ether oxygens (including phenoxy) is 1. The number of imide groups is 1. The normalized spacial score (nSPS) is 22.6. The zero-order valence-corrected chi connectivity index (χ0v) is 14.1. The molecule has 1 aliphatic heterocycles. The van der Waals surface area contributed by atoms with Crippen molar-refractivity contribution in [3.63, 3.8) is 0 Å². The van der Waals surface area contributed by atoms with Crippen LogP contribution < -0.4 is 10.1 Å². The van der Waals surface area contributed by atoms with Crippen molar-refractivity contribution >= 4 is 11.9 Å². The van der Waals surface area contributed by atoms with Crippen LogP contribution in [0.3, 0.4) is 0 Å². The first kappa shape index (κ1) is 15.5. The lowest BCUT2D eigenvalue weighted by atomic mass is 9.87. The molecule has 2 aliphatic carbocycles. The third-order valence-corrected chi connectivity index (χ3v) is 5.48. The molecule has 1 aromatic carbocycles. The van der Waals surface area contributed by atoms with Crippen LogP contribution in [-0.4, -0.2) is 35.5 Å². The molecule has 24 heavy (non-hydrogen) atoms. The molecule has 1 saturated heterocycles. The Hall–Kier alpha value is -2.04. The summed E-state index contributed by atoms with van der Waals surface area (Å²) in [5.41, 5.74) is 0.516. The van der Waals surface area contributed by atoms with Gasteiger partial charge in [-0.2, -0.15) is 0 Å². The maximum Gasteiger partial charge on any atom is 0.325 e. The van der Waals surface area contributed by atoms with Crippen molar-refractivity contribution < 1.29 is 14.3 Å². The van der Waals surface area contributed by atoms with Gasteiger partial charge in [-0.1, -0.05) is 18.2 Å². The Morgan fingerprint density at radius 2 is 1.83 bits per heavy atom. The number of nitrogens with one attached hydrogen (secondary N) is 1. The zero-order valence-electron chi connectivity index (χ0n) is 14.1. The van der Waals surface area contributed by atoms with Crippen LogP contribution in [0, 0.1) is 18.8 Å². The van der Waals surface area contributed by atoms with Crippen LogP contribution in [0.5, 0.6) is 5.75 Å². The van der Waals surface area contributed by atoms with Gasteiger partial charge in [0.15, 0.2) is 0 Å². The largest absolute Gasteiger partial charge is 0.493 e. The average molecular weight is 328 g/mol. The van der Waals surface area contributed by atoms with Gasteiger partial charge in [0.25, 0.3) is 5.91 Å². The molecule has 0 atom stereocenters. The minimum Gasteiger partial charge on any atom is -0.493 e. The molecule has 4 rings (SSSR count). The number of hydrogen-bond acceptors (Lipinski definition) is 3. The van der Waals surface area contributed by atoms with Gasteiger partial charge in [0.2, 0.25) is 0 Å². The first-order valence-electron chi connectivity index (χ1n) is 8.95. The molecule has 5 nitrogen and oxygen atoms in total. The minimum absolute atomic E-state index is 0.00777. The molecule has 128 valence electrons. The highest BCUT2D eigenvalue weighted by Gasteiger charge is 2.65. The number of benzene rings is 1. The van der Waals surface area contributed by atoms with Gasteiger partial charge in [0.1, 0.15) is 11.3 Å². The van der Waals surface area contributed by atoms with E-state index in [1.807, 2.05) is 31.2 Å². The topological polar surface area (TPSA) is 58.6 Å². The van der Waals surface area contributed by atoms with E-state index in [9.17, 15) is 9.59 Å². The smallest absolute Gasteiger partial charge is 0.325 e. The lowest BCUT2D eigenvalue weighted by Gasteiger charge is -2.26. The molecular formula is C19H24N2O3. The number of rotatable bonds is 7. The summed E-state index contributed by atoms with van der Waals surface area (Å²) in [6.45, 7) is 2.94. The number of urea groups is 1. The van der Waals surface area contributed by atoms with Gasteiger partial charge in [-0.3, -0.25) is 9.69 Å². The van der Waals surface area contributed by atoms with E-state index < -0.39 is 5.54 Å². The standard InChI is InChI=1S/C19H24N2O3/c1-13-5-2-3-6-16(13)24-12-4-11-21-17(22)19(14-7-8-14,15-9-10-15)20-18(21)23/h2-3,5-6,14-15H,4,7-12H2,1H3,(H,20,23). The molecule has 0 spiro atoms. The summed E-state index contributed by atoms with van der Waals surface area (Å²) in [4.78, 5) is 26.7. The van der Waals surface area contributed by atoms with Crippen molar-refractivity contribution in [2.45, 2.75) is 44.6 Å². The van der Waals surface area contributed by atoms with E-state index >= 15 is 0 Å². The number of nitrogens with zero attached hydrogens (tertiary/aromatic N) is 1. The third kappa shape index (κ3) is 2.56. The van der Waals surface area contributed by atoms with Gasteiger partial charge in [-0.25, -0.2) is 4.79 Å². The molecule has 3 fully saturated rings. The summed E-state index contributed by atoms with van der Waals surface area (Å²) in [7, 11) is 0. The summed E-state index contributed by atoms with van der Waals surface area (Å²) in [5.74, 6) is 1.58. The first-order chi connectivity index (χ1) is 11.6. The average Bonchev–Trinajstić information content (AvgIpc) is 3.47. The van der Waals surface area contributed by atoms with E-state index in [2.05, 4.69) is 5.32 Å². The van der Waals surface area contributed by atoms with Crippen LogP contribution in [-0.2, 0) is 4.79 Å². The fourth-order valence-corrected chi connectivity index (χ4v) is 3.90. The second-order valence-electron chi connectivity index (χ2n) is 7.27. The van der Waals surface area contributed by atoms with Crippen molar-refractivity contribution in [2.75, 3.05) is 13.2 Å². The Balaban J connectivity index is 1.34. The minimum atomic E-state index is -0.575. The molecule has 1 aromatic rings. The summed E-state index contributed by atoms with van der Waals surface area (Å²) < 4.78 is 5.77. The fourth-order valence-electron chi connectivity index (χ4n) is 3.90. The van der Waals surface area contributed by atoms with Crippen LogP contribution in [0.2, 0.25) is 0 Å². The zero-order chi connectivity index (χ0) is 16.7. The Kier molecular flexibility index (Phi) is 3.74. The van der Waals surface area contributed by atoms with Gasteiger partial charge in [0, 0.05) is 6.54 Å². The predicted octanol–water partition coefficient (Wildman–Crippen LogP) is 2.87. The highest BCUT2D eigenvalue weighted by molar-refractivity contribution is 6.07. The van der Waals surface area contributed by atoms with E-state index in [0.29, 0.717) is 31.4 Å². The summed E-state index contributed by atoms with van der Waals surface area (Å²) in [6, 6.07) is 7.65. The second kappa shape index (κ2) is 5.80. The molecule has 3 amide bonds. The molecule has 0 aromatic heterocycles. The number of carbonyl (C=O) groups excluding carboxylic acids is 2. The summed E-state index contributed by atoms with van der Waals surface area (Å²) in [5, 5.41) is 3.06. The highest BCUT2D eigenvalue weighted by atomic mass is 16.5. The number of hydrogen-bond donors (Lipinski definition) is 1. The molecule has 1 heterocycles. The van der Waals surface area contributed by atoms with Crippen LogP contribution >= 0.6 is 0 Å². The summed E-state index contributed by atoms with van der Waals surface area (Å²) >= 11 is 0. The highest BCUT2D eigenvalue weighted by Crippen LogP contribution is 2.54. The molecular weight excluding hydrogens is 304 g/mol. The number of aryl methyl sites for hydroxylation is 1. The second-order valence-corrected chi connectivity index (χ2v) is 7.27. The Bertz CT molecular complexity index is 652. The molecule has 5 heteroatoms. The predicted molar refractivity (Wildman–Crippen MR) is 89.7 cm³/mol. The van der Waals surface area contributed by atoms with Gasteiger partial charge in [-0.05, 0) is 62.5 Å². The molecule has 3 aliphatic rings. The lowest BCUT2D eigenvalue weighted by Crippen LogP contribution is -2.51. The van der Waals surface area contributed by atoms with Crippen molar-refractivity contribution in [1.29, 1.82) is 0 Å². The Morgan fingerprint density at radius 1 is 1.17 bits per heavy atom. The monoisotopic (exact) mass is 328 g/mol. The van der Waals surface area contributed by atoms with E-state index in [-0.39, 0.29) is 11.9 Å². The van der Waals surface area contributed by atoms with E-state index in [4.69, 9.17) is 4.74 Å². The van der Waals surface area contributed by atoms with E-state index in [1.165, 1.54) is 4.90 Å². The van der Waals surface area contributed by atoms with Crippen LogP contribution in [0.25, 0.3) is 0 Å². The van der Waals surface area contributed by atoms with Crippen LogP contribution in [0.4, 0.5) is 4.79 Å².